The summed E-state index contributed by atoms with van der Waals surface area (Å²) in [6.45, 7) is 4.62. The summed E-state index contributed by atoms with van der Waals surface area (Å²) in [4.78, 5) is 15.9. The third kappa shape index (κ3) is 4.07. The zero-order chi connectivity index (χ0) is 30.8. The van der Waals surface area contributed by atoms with Gasteiger partial charge in [-0.3, -0.25) is 0 Å². The van der Waals surface area contributed by atoms with E-state index in [4.69, 9.17) is 15.0 Å². The van der Waals surface area contributed by atoms with Crippen LogP contribution in [0.4, 0.5) is 0 Å². The van der Waals surface area contributed by atoms with E-state index in [1.165, 1.54) is 42.4 Å². The Balaban J connectivity index is 1.34. The molecule has 0 saturated heterocycles. The van der Waals surface area contributed by atoms with Gasteiger partial charge in [0.15, 0.2) is 17.5 Å². The second kappa shape index (κ2) is 10.3. The van der Waals surface area contributed by atoms with E-state index in [0.717, 1.165) is 27.8 Å². The molecule has 4 heteroatoms. The molecule has 6 aromatic carbocycles. The quantitative estimate of drug-likeness (QED) is 0.200. The lowest BCUT2D eigenvalue weighted by molar-refractivity contribution is 0.661. The molecule has 0 fully saturated rings. The zero-order valence-corrected chi connectivity index (χ0v) is 26.3. The van der Waals surface area contributed by atoms with Crippen LogP contribution < -0.4 is 0 Å². The normalized spacial score (nSPS) is 13.2. The van der Waals surface area contributed by atoms with E-state index < -0.39 is 0 Å². The Morgan fingerprint density at radius 3 is 1.80 bits per heavy atom. The topological polar surface area (TPSA) is 38.7 Å². The molecule has 0 unspecified atom stereocenters. The Hall–Kier alpha value is -5.45. The van der Waals surface area contributed by atoms with Gasteiger partial charge in [0, 0.05) is 42.3 Å². The second-order valence-corrected chi connectivity index (χ2v) is 13.4. The minimum absolute atomic E-state index is 0.205. The molecule has 0 radical (unpaired) electrons. The lowest BCUT2D eigenvalue weighted by Crippen LogP contribution is -2.17. The molecule has 0 N–H and O–H groups in total. The number of hydrogen-bond donors (Lipinski definition) is 0. The molecule has 0 amide bonds. The predicted octanol–water partition coefficient (Wildman–Crippen LogP) is 11.2. The first-order chi connectivity index (χ1) is 22.6. The first-order valence-electron chi connectivity index (χ1n) is 15.6. The van der Waals surface area contributed by atoms with Gasteiger partial charge in [0.1, 0.15) is 0 Å². The van der Waals surface area contributed by atoms with Crippen LogP contribution in [0.1, 0.15) is 25.0 Å². The number of nitrogens with zero attached hydrogens (tertiary/aromatic N) is 3. The van der Waals surface area contributed by atoms with Crippen molar-refractivity contribution in [2.24, 2.45) is 0 Å². The fourth-order valence-electron chi connectivity index (χ4n) is 7.24. The van der Waals surface area contributed by atoms with Crippen molar-refractivity contribution < 1.29 is 0 Å². The average molecular weight is 608 g/mol. The maximum absolute atomic E-state index is 5.31. The minimum Gasteiger partial charge on any atom is -0.208 e. The molecular weight excluding hydrogens is 579 g/mol. The Labute approximate surface area is 271 Å². The molecule has 8 aromatic rings. The lowest BCUT2D eigenvalue weighted by atomic mass is 9.80. The largest absolute Gasteiger partial charge is 0.208 e. The van der Waals surface area contributed by atoms with Crippen molar-refractivity contribution in [2.45, 2.75) is 19.3 Å². The highest BCUT2D eigenvalue weighted by Gasteiger charge is 2.38. The Bertz CT molecular complexity index is 2460. The predicted molar refractivity (Wildman–Crippen MR) is 192 cm³/mol. The fourth-order valence-corrected chi connectivity index (χ4v) is 8.45. The third-order valence-electron chi connectivity index (χ3n) is 9.35. The molecule has 3 nitrogen and oxygen atoms in total. The van der Waals surface area contributed by atoms with Gasteiger partial charge in [-0.25, -0.2) is 15.0 Å². The molecule has 0 saturated carbocycles. The van der Waals surface area contributed by atoms with Crippen LogP contribution in [-0.2, 0) is 5.41 Å². The van der Waals surface area contributed by atoms with Gasteiger partial charge in [0.25, 0.3) is 0 Å². The monoisotopic (exact) mass is 607 g/mol. The molecule has 1 aliphatic rings. The molecule has 0 spiro atoms. The van der Waals surface area contributed by atoms with Gasteiger partial charge in [-0.15, -0.1) is 11.3 Å². The molecule has 218 valence electrons. The molecule has 46 heavy (non-hydrogen) atoms. The summed E-state index contributed by atoms with van der Waals surface area (Å²) in [5.41, 5.74) is 10.2. The van der Waals surface area contributed by atoms with E-state index in [1.54, 1.807) is 11.3 Å². The van der Waals surface area contributed by atoms with Gasteiger partial charge < -0.3 is 0 Å². The van der Waals surface area contributed by atoms with Crippen LogP contribution in [0.3, 0.4) is 0 Å². The van der Waals surface area contributed by atoms with Crippen molar-refractivity contribution in [3.63, 3.8) is 0 Å². The van der Waals surface area contributed by atoms with Crippen molar-refractivity contribution in [1.29, 1.82) is 0 Å². The first-order valence-corrected chi connectivity index (χ1v) is 16.4. The molecule has 9 rings (SSSR count). The summed E-state index contributed by atoms with van der Waals surface area (Å²) in [6.07, 6.45) is 0. The van der Waals surface area contributed by atoms with Gasteiger partial charge in [0.2, 0.25) is 0 Å². The van der Waals surface area contributed by atoms with Gasteiger partial charge in [-0.1, -0.05) is 141 Å². The molecular formula is C42H29N3S. The maximum atomic E-state index is 5.31. The summed E-state index contributed by atoms with van der Waals surface area (Å²) in [5, 5.41) is 2.48. The highest BCUT2D eigenvalue weighted by molar-refractivity contribution is 7.26. The standard InChI is InChI=1S/C42H29N3S/c1-42(2)35-24-10-8-17-28(35)30-20-12-22-33(37(30)42)40-43-39(32-19-7-6-16-27(32)26-14-4-3-5-15-26)44-41(45-40)34-23-13-21-31-29-18-9-11-25-36(29)46-38(31)34/h3-25H,1-2H3. The SMILES string of the molecule is CC1(C)c2ccccc2-c2cccc(-c3nc(-c4ccccc4-c4ccccc4)nc(-c4cccc5c4sc4ccccc45)n3)c21. The summed E-state index contributed by atoms with van der Waals surface area (Å²) in [5.74, 6) is 2.05. The molecule has 2 aromatic heterocycles. The minimum atomic E-state index is -0.205. The van der Waals surface area contributed by atoms with Crippen LogP contribution in [0.25, 0.3) is 76.6 Å². The van der Waals surface area contributed by atoms with Crippen LogP contribution in [0.5, 0.6) is 0 Å². The van der Waals surface area contributed by atoms with E-state index in [0.29, 0.717) is 17.5 Å². The van der Waals surface area contributed by atoms with E-state index in [1.807, 2.05) is 6.07 Å². The highest BCUT2D eigenvalue weighted by Crippen LogP contribution is 2.52. The van der Waals surface area contributed by atoms with Crippen LogP contribution in [0, 0.1) is 0 Å². The van der Waals surface area contributed by atoms with Crippen LogP contribution >= 0.6 is 11.3 Å². The number of aromatic nitrogens is 3. The summed E-state index contributed by atoms with van der Waals surface area (Å²) in [7, 11) is 0. The first kappa shape index (κ1) is 26.9. The Morgan fingerprint density at radius 1 is 0.435 bits per heavy atom. The highest BCUT2D eigenvalue weighted by atomic mass is 32.1. The molecule has 2 heterocycles. The summed E-state index contributed by atoms with van der Waals surface area (Å²) < 4.78 is 2.45. The van der Waals surface area contributed by atoms with E-state index in [2.05, 4.69) is 147 Å². The van der Waals surface area contributed by atoms with Crippen LogP contribution in [-0.4, -0.2) is 15.0 Å². The lowest BCUT2D eigenvalue weighted by Gasteiger charge is -2.24. The number of fused-ring (bicyclic) bond motifs is 6. The van der Waals surface area contributed by atoms with Gasteiger partial charge in [-0.05, 0) is 45.5 Å². The molecule has 0 aliphatic heterocycles. The maximum Gasteiger partial charge on any atom is 0.165 e. The molecule has 0 bridgehead atoms. The van der Waals surface area contributed by atoms with Crippen molar-refractivity contribution >= 4 is 31.5 Å². The van der Waals surface area contributed by atoms with Crippen molar-refractivity contribution in [1.82, 2.24) is 15.0 Å². The van der Waals surface area contributed by atoms with Gasteiger partial charge in [-0.2, -0.15) is 0 Å². The van der Waals surface area contributed by atoms with Crippen LogP contribution in [0.2, 0.25) is 0 Å². The summed E-state index contributed by atoms with van der Waals surface area (Å²) >= 11 is 1.80. The zero-order valence-electron chi connectivity index (χ0n) is 25.5. The average Bonchev–Trinajstić information content (AvgIpc) is 3.61. The van der Waals surface area contributed by atoms with Crippen molar-refractivity contribution in [3.8, 4) is 56.4 Å². The Kier molecular flexibility index (Phi) is 6.02. The van der Waals surface area contributed by atoms with E-state index >= 15 is 0 Å². The van der Waals surface area contributed by atoms with Gasteiger partial charge in [0.05, 0.1) is 0 Å². The van der Waals surface area contributed by atoms with Crippen molar-refractivity contribution in [2.75, 3.05) is 0 Å². The van der Waals surface area contributed by atoms with E-state index in [9.17, 15) is 0 Å². The number of thiophene rings is 1. The summed E-state index contributed by atoms with van der Waals surface area (Å²) in [6, 6.07) is 49.3. The fraction of sp³-hybridized carbons (Fsp3) is 0.0714. The number of rotatable bonds is 4. The van der Waals surface area contributed by atoms with Gasteiger partial charge >= 0.3 is 0 Å². The molecule has 0 atom stereocenters. The van der Waals surface area contributed by atoms with Crippen molar-refractivity contribution in [3.05, 3.63) is 151 Å². The van der Waals surface area contributed by atoms with E-state index in [-0.39, 0.29) is 5.41 Å². The Morgan fingerprint density at radius 2 is 0.978 bits per heavy atom. The molecule has 1 aliphatic carbocycles. The smallest absolute Gasteiger partial charge is 0.165 e. The number of hydrogen-bond acceptors (Lipinski definition) is 4. The number of benzene rings is 6. The second-order valence-electron chi connectivity index (χ2n) is 12.4. The van der Waals surface area contributed by atoms with Crippen LogP contribution in [0.15, 0.2) is 140 Å². The third-order valence-corrected chi connectivity index (χ3v) is 10.6.